The van der Waals surface area contributed by atoms with E-state index in [1.807, 2.05) is 66.7 Å². The molecule has 0 fully saturated rings. The van der Waals surface area contributed by atoms with E-state index in [0.29, 0.717) is 40.2 Å². The third-order valence-corrected chi connectivity index (χ3v) is 5.48. The maximum Gasteiger partial charge on any atom is 0.299 e. The van der Waals surface area contributed by atoms with Crippen LogP contribution in [0.2, 0.25) is 0 Å². The Morgan fingerprint density at radius 1 is 1.00 bits per heavy atom. The lowest BCUT2D eigenvalue weighted by Gasteiger charge is -2.09. The average Bonchev–Trinajstić information content (AvgIpc) is 3.20. The van der Waals surface area contributed by atoms with Gasteiger partial charge < -0.3 is 9.57 Å². The lowest BCUT2D eigenvalue weighted by Crippen LogP contribution is -2.25. The van der Waals surface area contributed by atoms with Crippen LogP contribution in [0.4, 0.5) is 0 Å². The number of aromatic nitrogens is 3. The second-order valence-electron chi connectivity index (χ2n) is 7.49. The SMILES string of the molecule is COn1c2ccc(OCc3ccccc3)cc2c2c(CC#N)nn(-c3ccccc3)c(=O)c21. The van der Waals surface area contributed by atoms with E-state index in [4.69, 9.17) is 9.57 Å². The van der Waals surface area contributed by atoms with E-state index in [9.17, 15) is 10.1 Å². The number of fused-ring (bicyclic) bond motifs is 3. The van der Waals surface area contributed by atoms with Crippen LogP contribution in [0, 0.1) is 11.3 Å². The molecule has 3 aromatic carbocycles. The third kappa shape index (κ3) is 3.58. The van der Waals surface area contributed by atoms with Crippen LogP contribution in [0.3, 0.4) is 0 Å². The molecule has 0 bridgehead atoms. The summed E-state index contributed by atoms with van der Waals surface area (Å²) in [6, 6.07) is 26.7. The minimum absolute atomic E-state index is 0.0432. The van der Waals surface area contributed by atoms with Crippen LogP contribution >= 0.6 is 0 Å². The normalized spacial score (nSPS) is 10.9. The topological polar surface area (TPSA) is 82.1 Å². The molecule has 0 aliphatic heterocycles. The van der Waals surface area contributed by atoms with E-state index in [1.54, 1.807) is 12.1 Å². The molecule has 0 amide bonds. The molecular weight excluding hydrogens is 416 g/mol. The molecule has 0 aliphatic rings. The lowest BCUT2D eigenvalue weighted by molar-refractivity contribution is 0.189. The molecule has 0 atom stereocenters. The van der Waals surface area contributed by atoms with Crippen LogP contribution in [0.25, 0.3) is 27.5 Å². The number of ether oxygens (including phenoxy) is 1. The first kappa shape index (κ1) is 20.3. The molecular formula is C26H20N4O3. The highest BCUT2D eigenvalue weighted by Gasteiger charge is 2.22. The van der Waals surface area contributed by atoms with Crippen LogP contribution in [-0.4, -0.2) is 21.6 Å². The molecule has 7 nitrogen and oxygen atoms in total. The summed E-state index contributed by atoms with van der Waals surface area (Å²) < 4.78 is 8.81. The summed E-state index contributed by atoms with van der Waals surface area (Å²) in [6.45, 7) is 0.416. The van der Waals surface area contributed by atoms with Gasteiger partial charge in [-0.15, -0.1) is 0 Å². The number of hydrogen-bond acceptors (Lipinski definition) is 5. The number of nitrogens with zero attached hydrogens (tertiary/aromatic N) is 4. The number of hydrogen-bond donors (Lipinski definition) is 0. The van der Waals surface area contributed by atoms with Crippen LogP contribution in [0.1, 0.15) is 11.3 Å². The zero-order chi connectivity index (χ0) is 22.8. The van der Waals surface area contributed by atoms with Gasteiger partial charge in [-0.25, -0.2) is 0 Å². The summed E-state index contributed by atoms with van der Waals surface area (Å²) in [4.78, 5) is 19.1. The quantitative estimate of drug-likeness (QED) is 0.401. The molecule has 2 aromatic heterocycles. The van der Waals surface area contributed by atoms with Crippen molar-refractivity contribution >= 4 is 21.8 Å². The van der Waals surface area contributed by atoms with Gasteiger partial charge in [0.1, 0.15) is 19.5 Å². The Hall–Kier alpha value is -4.57. The molecule has 0 spiro atoms. The molecule has 0 saturated carbocycles. The van der Waals surface area contributed by atoms with Crippen LogP contribution < -0.4 is 15.1 Å². The fourth-order valence-electron chi connectivity index (χ4n) is 4.01. The molecule has 0 unspecified atom stereocenters. The Labute approximate surface area is 189 Å². The van der Waals surface area contributed by atoms with E-state index in [0.717, 1.165) is 10.9 Å². The van der Waals surface area contributed by atoms with Gasteiger partial charge in [0, 0.05) is 10.8 Å². The predicted molar refractivity (Wildman–Crippen MR) is 125 cm³/mol. The van der Waals surface area contributed by atoms with Gasteiger partial charge in [0.15, 0.2) is 5.52 Å². The fraction of sp³-hybridized carbons (Fsp3) is 0.115. The maximum atomic E-state index is 13.5. The van der Waals surface area contributed by atoms with Crippen molar-refractivity contribution in [3.63, 3.8) is 0 Å². The van der Waals surface area contributed by atoms with Gasteiger partial charge in [-0.05, 0) is 35.9 Å². The smallest absolute Gasteiger partial charge is 0.299 e. The minimum atomic E-state index is -0.331. The molecule has 0 aliphatic carbocycles. The van der Waals surface area contributed by atoms with Crippen molar-refractivity contribution in [1.29, 1.82) is 5.26 Å². The summed E-state index contributed by atoms with van der Waals surface area (Å²) in [5.41, 5.74) is 2.86. The van der Waals surface area contributed by atoms with E-state index in [1.165, 1.54) is 16.5 Å². The summed E-state index contributed by atoms with van der Waals surface area (Å²) >= 11 is 0. The van der Waals surface area contributed by atoms with Crippen molar-refractivity contribution in [2.24, 2.45) is 0 Å². The van der Waals surface area contributed by atoms with Crippen molar-refractivity contribution in [3.8, 4) is 17.5 Å². The van der Waals surface area contributed by atoms with Gasteiger partial charge >= 0.3 is 0 Å². The third-order valence-electron chi connectivity index (χ3n) is 5.48. The summed E-state index contributed by atoms with van der Waals surface area (Å²) in [5, 5.41) is 15.4. The van der Waals surface area contributed by atoms with Crippen molar-refractivity contribution in [2.45, 2.75) is 13.0 Å². The van der Waals surface area contributed by atoms with Gasteiger partial charge in [0.05, 0.1) is 29.4 Å². The highest BCUT2D eigenvalue weighted by atomic mass is 16.6. The molecule has 5 rings (SSSR count). The maximum absolute atomic E-state index is 13.5. The molecule has 0 N–H and O–H groups in total. The summed E-state index contributed by atoms with van der Waals surface area (Å²) in [6.07, 6.45) is 0.0432. The van der Waals surface area contributed by atoms with Crippen molar-refractivity contribution in [3.05, 3.63) is 100 Å². The van der Waals surface area contributed by atoms with Gasteiger partial charge in [-0.1, -0.05) is 48.5 Å². The van der Waals surface area contributed by atoms with Gasteiger partial charge in [-0.3, -0.25) is 4.79 Å². The number of para-hydroxylation sites is 1. The summed E-state index contributed by atoms with van der Waals surface area (Å²) in [7, 11) is 1.51. The Balaban J connectivity index is 1.72. The van der Waals surface area contributed by atoms with Crippen molar-refractivity contribution in [1.82, 2.24) is 14.5 Å². The molecule has 33 heavy (non-hydrogen) atoms. The minimum Gasteiger partial charge on any atom is -0.489 e. The number of benzene rings is 3. The molecule has 0 saturated heterocycles. The van der Waals surface area contributed by atoms with E-state index in [-0.39, 0.29) is 12.0 Å². The second kappa shape index (κ2) is 8.52. The van der Waals surface area contributed by atoms with Crippen molar-refractivity contribution in [2.75, 3.05) is 7.11 Å². The summed E-state index contributed by atoms with van der Waals surface area (Å²) in [5.74, 6) is 0.650. The first-order chi connectivity index (χ1) is 16.2. The predicted octanol–water partition coefficient (Wildman–Crippen LogP) is 4.04. The van der Waals surface area contributed by atoms with Crippen LogP contribution in [0.15, 0.2) is 83.7 Å². The van der Waals surface area contributed by atoms with Crippen LogP contribution in [-0.2, 0) is 13.0 Å². The van der Waals surface area contributed by atoms with E-state index in [2.05, 4.69) is 11.2 Å². The molecule has 5 aromatic rings. The Kier molecular flexibility index (Phi) is 5.25. The highest BCUT2D eigenvalue weighted by Crippen LogP contribution is 2.32. The number of nitriles is 1. The van der Waals surface area contributed by atoms with Crippen LogP contribution in [0.5, 0.6) is 5.75 Å². The Bertz CT molecular complexity index is 1550. The average molecular weight is 436 g/mol. The van der Waals surface area contributed by atoms with Gasteiger partial charge in [-0.2, -0.15) is 19.8 Å². The van der Waals surface area contributed by atoms with E-state index < -0.39 is 0 Å². The molecule has 2 heterocycles. The molecule has 162 valence electrons. The monoisotopic (exact) mass is 436 g/mol. The zero-order valence-electron chi connectivity index (χ0n) is 17.9. The molecule has 0 radical (unpaired) electrons. The standard InChI is InChI=1S/C26H20N4O3/c1-32-30-23-13-12-20(33-17-18-8-4-2-5-9-18)16-21(23)24-22(14-15-27)28-29(26(31)25(24)30)19-10-6-3-7-11-19/h2-13,16H,14,17H2,1H3. The lowest BCUT2D eigenvalue weighted by atomic mass is 10.1. The fourth-order valence-corrected chi connectivity index (χ4v) is 4.01. The Morgan fingerprint density at radius 3 is 2.42 bits per heavy atom. The largest absolute Gasteiger partial charge is 0.489 e. The highest BCUT2D eigenvalue weighted by molar-refractivity contribution is 6.09. The van der Waals surface area contributed by atoms with Crippen molar-refractivity contribution < 1.29 is 9.57 Å². The number of rotatable bonds is 6. The van der Waals surface area contributed by atoms with E-state index >= 15 is 0 Å². The van der Waals surface area contributed by atoms with Gasteiger partial charge in [0.2, 0.25) is 0 Å². The first-order valence-electron chi connectivity index (χ1n) is 10.4. The van der Waals surface area contributed by atoms with Gasteiger partial charge in [0.25, 0.3) is 5.56 Å². The first-order valence-corrected chi connectivity index (χ1v) is 10.4. The second-order valence-corrected chi connectivity index (χ2v) is 7.49. The Morgan fingerprint density at radius 2 is 1.73 bits per heavy atom. The molecule has 7 heteroatoms. The zero-order valence-corrected chi connectivity index (χ0v) is 17.9.